The minimum absolute atomic E-state index is 0.00134. The first-order valence-corrected chi connectivity index (χ1v) is 11.0. The highest BCUT2D eigenvalue weighted by atomic mass is 16.5. The number of hydrogen-bond acceptors (Lipinski definition) is 6. The van der Waals surface area contributed by atoms with Gasteiger partial charge in [-0.3, -0.25) is 9.59 Å². The summed E-state index contributed by atoms with van der Waals surface area (Å²) < 4.78 is 16.5. The van der Waals surface area contributed by atoms with Crippen molar-refractivity contribution in [2.24, 2.45) is 0 Å². The molecule has 0 bridgehead atoms. The van der Waals surface area contributed by atoms with Crippen LogP contribution in [0.2, 0.25) is 0 Å². The van der Waals surface area contributed by atoms with Crippen LogP contribution in [-0.4, -0.2) is 35.4 Å². The Labute approximate surface area is 198 Å². The van der Waals surface area contributed by atoms with E-state index >= 15 is 0 Å². The molecule has 176 valence electrons. The van der Waals surface area contributed by atoms with Gasteiger partial charge in [0, 0.05) is 12.1 Å². The number of rotatable bonds is 7. The number of furan rings is 1. The van der Waals surface area contributed by atoms with Crippen LogP contribution in [0.5, 0.6) is 11.5 Å². The van der Waals surface area contributed by atoms with Crippen LogP contribution in [-0.2, 0) is 16.1 Å². The van der Waals surface area contributed by atoms with E-state index in [1.807, 2.05) is 45.0 Å². The lowest BCUT2D eigenvalue weighted by molar-refractivity contribution is -0.140. The molecule has 1 N–H and O–H groups in total. The maximum absolute atomic E-state index is 13.2. The van der Waals surface area contributed by atoms with E-state index in [0.29, 0.717) is 23.7 Å². The monoisotopic (exact) mass is 461 g/mol. The van der Waals surface area contributed by atoms with Gasteiger partial charge in [0.05, 0.1) is 25.6 Å². The van der Waals surface area contributed by atoms with Crippen molar-refractivity contribution < 1.29 is 28.6 Å². The summed E-state index contributed by atoms with van der Waals surface area (Å²) >= 11 is 0. The highest BCUT2D eigenvalue weighted by Crippen LogP contribution is 2.41. The molecule has 1 aromatic heterocycles. The summed E-state index contributed by atoms with van der Waals surface area (Å²) in [6, 6.07) is 13.4. The highest BCUT2D eigenvalue weighted by Gasteiger charge is 2.47. The van der Waals surface area contributed by atoms with Crippen LogP contribution in [0.25, 0.3) is 5.76 Å². The van der Waals surface area contributed by atoms with Gasteiger partial charge in [-0.2, -0.15) is 0 Å². The van der Waals surface area contributed by atoms with Crippen molar-refractivity contribution in [2.75, 3.05) is 13.7 Å². The lowest BCUT2D eigenvalue weighted by Gasteiger charge is -2.23. The fourth-order valence-corrected chi connectivity index (χ4v) is 4.25. The number of nitrogens with zero attached hydrogens (tertiary/aromatic N) is 1. The third-order valence-corrected chi connectivity index (χ3v) is 5.94. The first-order valence-electron chi connectivity index (χ1n) is 11.0. The molecule has 7 nitrogen and oxygen atoms in total. The second kappa shape index (κ2) is 9.47. The van der Waals surface area contributed by atoms with Crippen LogP contribution in [0.1, 0.15) is 41.0 Å². The number of aliphatic hydroxyl groups is 1. The van der Waals surface area contributed by atoms with Crippen LogP contribution in [0.4, 0.5) is 0 Å². The SMILES string of the molecule is CCOc1ccc(CN2C(=O)C(=O)/C(=C(\O)c3cc(C)c(OC)cc3C)C2c2ccco2)cc1. The van der Waals surface area contributed by atoms with Gasteiger partial charge in [0.15, 0.2) is 0 Å². The highest BCUT2D eigenvalue weighted by molar-refractivity contribution is 6.46. The van der Waals surface area contributed by atoms with Crippen LogP contribution in [0.3, 0.4) is 0 Å². The number of aryl methyl sites for hydroxylation is 2. The maximum atomic E-state index is 13.2. The molecule has 4 rings (SSSR count). The Hall–Kier alpha value is -4.00. The van der Waals surface area contributed by atoms with Crippen LogP contribution < -0.4 is 9.47 Å². The molecule has 1 amide bonds. The molecular weight excluding hydrogens is 434 g/mol. The number of methoxy groups -OCH3 is 1. The molecule has 2 aromatic carbocycles. The van der Waals surface area contributed by atoms with Crippen molar-refractivity contribution in [3.05, 3.63) is 88.4 Å². The van der Waals surface area contributed by atoms with E-state index in [-0.39, 0.29) is 17.9 Å². The normalized spacial score (nSPS) is 17.3. The fraction of sp³-hybridized carbons (Fsp3) is 0.259. The Morgan fingerprint density at radius 2 is 1.82 bits per heavy atom. The van der Waals surface area contributed by atoms with E-state index in [1.165, 1.54) is 11.2 Å². The molecule has 2 heterocycles. The van der Waals surface area contributed by atoms with Crippen molar-refractivity contribution in [3.8, 4) is 11.5 Å². The van der Waals surface area contributed by atoms with E-state index in [0.717, 1.165) is 22.4 Å². The zero-order valence-corrected chi connectivity index (χ0v) is 19.6. The number of ketones is 1. The molecule has 0 radical (unpaired) electrons. The summed E-state index contributed by atoms with van der Waals surface area (Å²) in [6.45, 7) is 6.29. The van der Waals surface area contributed by atoms with E-state index in [1.54, 1.807) is 31.4 Å². The minimum atomic E-state index is -0.858. The number of amides is 1. The quantitative estimate of drug-likeness (QED) is 0.305. The second-order valence-electron chi connectivity index (χ2n) is 8.16. The van der Waals surface area contributed by atoms with Crippen LogP contribution in [0.15, 0.2) is 64.8 Å². The number of aliphatic hydroxyl groups excluding tert-OH is 1. The molecule has 3 aromatic rings. The number of carbonyl (C=O) groups is 2. The van der Waals surface area contributed by atoms with E-state index < -0.39 is 17.7 Å². The van der Waals surface area contributed by atoms with Crippen LogP contribution >= 0.6 is 0 Å². The maximum Gasteiger partial charge on any atom is 0.296 e. The smallest absolute Gasteiger partial charge is 0.296 e. The fourth-order valence-electron chi connectivity index (χ4n) is 4.25. The van der Waals surface area contributed by atoms with E-state index in [9.17, 15) is 14.7 Å². The standard InChI is InChI=1S/C27H27NO6/c1-5-33-19-10-8-18(9-11-19)15-28-24(21-7-6-12-34-21)23(26(30)27(28)31)25(29)20-13-17(3)22(32-4)14-16(20)2/h6-14,24,29H,5,15H2,1-4H3/b25-23-. The third kappa shape index (κ3) is 4.17. The molecule has 0 spiro atoms. The zero-order valence-electron chi connectivity index (χ0n) is 19.6. The number of benzene rings is 2. The number of ether oxygens (including phenoxy) is 2. The van der Waals surface area contributed by atoms with Gasteiger partial charge in [-0.15, -0.1) is 0 Å². The Kier molecular flexibility index (Phi) is 6.45. The predicted molar refractivity (Wildman–Crippen MR) is 127 cm³/mol. The van der Waals surface area contributed by atoms with Crippen molar-refractivity contribution in [1.82, 2.24) is 4.90 Å². The summed E-state index contributed by atoms with van der Waals surface area (Å²) in [6.07, 6.45) is 1.48. The summed E-state index contributed by atoms with van der Waals surface area (Å²) in [5, 5.41) is 11.3. The average molecular weight is 462 g/mol. The van der Waals surface area contributed by atoms with Gasteiger partial charge < -0.3 is 23.9 Å². The van der Waals surface area contributed by atoms with Crippen LogP contribution in [0, 0.1) is 13.8 Å². The Morgan fingerprint density at radius 1 is 1.09 bits per heavy atom. The van der Waals surface area contributed by atoms with Gasteiger partial charge in [0.1, 0.15) is 29.1 Å². The predicted octanol–water partition coefficient (Wildman–Crippen LogP) is 4.93. The van der Waals surface area contributed by atoms with Gasteiger partial charge in [0.25, 0.3) is 11.7 Å². The molecule has 1 saturated heterocycles. The zero-order chi connectivity index (χ0) is 24.4. The molecule has 34 heavy (non-hydrogen) atoms. The lowest BCUT2D eigenvalue weighted by atomic mass is 9.95. The lowest BCUT2D eigenvalue weighted by Crippen LogP contribution is -2.29. The first kappa shape index (κ1) is 23.2. The summed E-state index contributed by atoms with van der Waals surface area (Å²) in [5.41, 5.74) is 2.80. The van der Waals surface area contributed by atoms with Gasteiger partial charge in [0.2, 0.25) is 0 Å². The molecule has 7 heteroatoms. The topological polar surface area (TPSA) is 89.2 Å². The van der Waals surface area contributed by atoms with Crippen molar-refractivity contribution in [2.45, 2.75) is 33.4 Å². The minimum Gasteiger partial charge on any atom is -0.507 e. The average Bonchev–Trinajstić information content (AvgIpc) is 3.44. The molecule has 1 aliphatic heterocycles. The van der Waals surface area contributed by atoms with Gasteiger partial charge in [-0.05, 0) is 73.9 Å². The molecule has 1 aliphatic rings. The van der Waals surface area contributed by atoms with E-state index in [4.69, 9.17) is 13.9 Å². The Bertz CT molecular complexity index is 1240. The van der Waals surface area contributed by atoms with Gasteiger partial charge >= 0.3 is 0 Å². The van der Waals surface area contributed by atoms with Crippen molar-refractivity contribution in [3.63, 3.8) is 0 Å². The molecule has 1 fully saturated rings. The largest absolute Gasteiger partial charge is 0.507 e. The number of carbonyl (C=O) groups excluding carboxylic acids is 2. The molecule has 1 atom stereocenters. The van der Waals surface area contributed by atoms with Crippen molar-refractivity contribution >= 4 is 17.4 Å². The van der Waals surface area contributed by atoms with Crippen molar-refractivity contribution in [1.29, 1.82) is 0 Å². The second-order valence-corrected chi connectivity index (χ2v) is 8.16. The molecule has 1 unspecified atom stereocenters. The first-order chi connectivity index (χ1) is 16.3. The summed E-state index contributed by atoms with van der Waals surface area (Å²) in [7, 11) is 1.57. The number of Topliss-reactive ketones (excluding diaryl/α,β-unsaturated/α-hetero) is 1. The summed E-state index contributed by atoms with van der Waals surface area (Å²) in [4.78, 5) is 27.7. The summed E-state index contributed by atoms with van der Waals surface area (Å²) in [5.74, 6) is 0.109. The number of likely N-dealkylation sites (tertiary alicyclic amines) is 1. The molecule has 0 saturated carbocycles. The number of hydrogen-bond donors (Lipinski definition) is 1. The van der Waals surface area contributed by atoms with Gasteiger partial charge in [-0.25, -0.2) is 0 Å². The molecule has 0 aliphatic carbocycles. The molecular formula is C27H27NO6. The third-order valence-electron chi connectivity index (χ3n) is 5.94. The van der Waals surface area contributed by atoms with E-state index in [2.05, 4.69) is 0 Å². The Balaban J connectivity index is 1.79. The van der Waals surface area contributed by atoms with Gasteiger partial charge in [-0.1, -0.05) is 12.1 Å². The Morgan fingerprint density at radius 3 is 2.44 bits per heavy atom.